The Morgan fingerprint density at radius 3 is 2.36 bits per heavy atom. The first kappa shape index (κ1) is 14.2. The molecule has 112 valence electrons. The van der Waals surface area contributed by atoms with Crippen LogP contribution in [0.15, 0.2) is 36.5 Å². The standard InChI is InChI=1S/C15H9F4N3/c16-9-1-2-10(17)8(3-9)6-21-15-7-20-13-4-11(18)12(19)5-14(13)22-15/h1-5,7H,6H2,(H,21,22). The number of fused-ring (bicyclic) bond motifs is 1. The Kier molecular flexibility index (Phi) is 3.62. The Bertz CT molecular complexity index is 852. The van der Waals surface area contributed by atoms with E-state index in [1.54, 1.807) is 0 Å². The lowest BCUT2D eigenvalue weighted by Crippen LogP contribution is -2.04. The van der Waals surface area contributed by atoms with Gasteiger partial charge in [0, 0.05) is 24.2 Å². The van der Waals surface area contributed by atoms with Crippen LogP contribution in [-0.4, -0.2) is 9.97 Å². The molecule has 0 spiro atoms. The molecule has 0 bridgehead atoms. The minimum Gasteiger partial charge on any atom is -0.365 e. The van der Waals surface area contributed by atoms with Crippen LogP contribution in [0.1, 0.15) is 5.56 Å². The van der Waals surface area contributed by atoms with E-state index >= 15 is 0 Å². The molecule has 0 atom stereocenters. The largest absolute Gasteiger partial charge is 0.365 e. The second-order valence-corrected chi connectivity index (χ2v) is 4.60. The fraction of sp³-hybridized carbons (Fsp3) is 0.0667. The molecule has 3 rings (SSSR count). The van der Waals surface area contributed by atoms with Crippen molar-refractivity contribution in [1.29, 1.82) is 0 Å². The van der Waals surface area contributed by atoms with Gasteiger partial charge in [0.05, 0.1) is 17.2 Å². The zero-order valence-electron chi connectivity index (χ0n) is 11.1. The molecular weight excluding hydrogens is 298 g/mol. The lowest BCUT2D eigenvalue weighted by molar-refractivity contribution is 0.510. The second-order valence-electron chi connectivity index (χ2n) is 4.60. The Balaban J connectivity index is 1.85. The van der Waals surface area contributed by atoms with Crippen molar-refractivity contribution in [2.45, 2.75) is 6.54 Å². The third kappa shape index (κ3) is 2.83. The van der Waals surface area contributed by atoms with Gasteiger partial charge < -0.3 is 5.32 Å². The molecule has 0 aliphatic carbocycles. The highest BCUT2D eigenvalue weighted by Gasteiger charge is 2.08. The molecule has 0 saturated heterocycles. The summed E-state index contributed by atoms with van der Waals surface area (Å²) < 4.78 is 52.8. The zero-order chi connectivity index (χ0) is 15.7. The first-order valence-corrected chi connectivity index (χ1v) is 6.32. The van der Waals surface area contributed by atoms with E-state index in [-0.39, 0.29) is 29.0 Å². The van der Waals surface area contributed by atoms with E-state index in [1.165, 1.54) is 6.20 Å². The average molecular weight is 307 g/mol. The van der Waals surface area contributed by atoms with Crippen molar-refractivity contribution in [2.75, 3.05) is 5.32 Å². The van der Waals surface area contributed by atoms with Crippen LogP contribution in [0.2, 0.25) is 0 Å². The molecule has 0 saturated carbocycles. The normalized spacial score (nSPS) is 10.9. The predicted octanol–water partition coefficient (Wildman–Crippen LogP) is 3.80. The number of anilines is 1. The summed E-state index contributed by atoms with van der Waals surface area (Å²) in [6.45, 7) is -0.0204. The number of hydrogen-bond donors (Lipinski definition) is 1. The van der Waals surface area contributed by atoms with Crippen LogP contribution in [0.3, 0.4) is 0 Å². The lowest BCUT2D eigenvalue weighted by Gasteiger charge is -2.07. The molecule has 0 fully saturated rings. The van der Waals surface area contributed by atoms with Gasteiger partial charge in [0.1, 0.15) is 17.5 Å². The van der Waals surface area contributed by atoms with E-state index in [0.717, 1.165) is 30.3 Å². The van der Waals surface area contributed by atoms with E-state index < -0.39 is 23.3 Å². The molecule has 7 heteroatoms. The lowest BCUT2D eigenvalue weighted by atomic mass is 10.2. The van der Waals surface area contributed by atoms with E-state index in [0.29, 0.717) is 0 Å². The number of nitrogens with zero attached hydrogens (tertiary/aromatic N) is 2. The number of aromatic nitrogens is 2. The highest BCUT2D eigenvalue weighted by Crippen LogP contribution is 2.17. The molecule has 3 aromatic rings. The quantitative estimate of drug-likeness (QED) is 0.748. The van der Waals surface area contributed by atoms with Gasteiger partial charge >= 0.3 is 0 Å². The molecule has 2 aromatic carbocycles. The summed E-state index contributed by atoms with van der Waals surface area (Å²) in [6.07, 6.45) is 1.30. The fourth-order valence-electron chi connectivity index (χ4n) is 1.96. The Hall–Kier alpha value is -2.70. The van der Waals surface area contributed by atoms with Crippen molar-refractivity contribution in [3.05, 3.63) is 65.4 Å². The number of hydrogen-bond acceptors (Lipinski definition) is 3. The molecule has 0 amide bonds. The van der Waals surface area contributed by atoms with Gasteiger partial charge in [-0.2, -0.15) is 0 Å². The zero-order valence-corrected chi connectivity index (χ0v) is 11.1. The molecule has 1 N–H and O–H groups in total. The van der Waals surface area contributed by atoms with Gasteiger partial charge in [0.2, 0.25) is 0 Å². The Morgan fingerprint density at radius 1 is 0.864 bits per heavy atom. The smallest absolute Gasteiger partial charge is 0.161 e. The topological polar surface area (TPSA) is 37.8 Å². The minimum atomic E-state index is -1.03. The van der Waals surface area contributed by atoms with Gasteiger partial charge in [-0.25, -0.2) is 22.5 Å². The summed E-state index contributed by atoms with van der Waals surface area (Å²) in [6, 6.07) is 4.97. The molecule has 0 aliphatic heterocycles. The second kappa shape index (κ2) is 5.59. The van der Waals surface area contributed by atoms with Gasteiger partial charge in [-0.1, -0.05) is 0 Å². The third-order valence-electron chi connectivity index (χ3n) is 3.05. The molecule has 0 radical (unpaired) electrons. The van der Waals surface area contributed by atoms with Gasteiger partial charge in [0.15, 0.2) is 11.6 Å². The molecule has 3 nitrogen and oxygen atoms in total. The first-order chi connectivity index (χ1) is 10.5. The van der Waals surface area contributed by atoms with Crippen LogP contribution in [0, 0.1) is 23.3 Å². The Morgan fingerprint density at radius 2 is 1.59 bits per heavy atom. The SMILES string of the molecule is Fc1ccc(F)c(CNc2cnc3cc(F)c(F)cc3n2)c1. The number of nitrogens with one attached hydrogen (secondary N) is 1. The van der Waals surface area contributed by atoms with Crippen LogP contribution < -0.4 is 5.32 Å². The molecule has 22 heavy (non-hydrogen) atoms. The molecule has 0 aliphatic rings. The fourth-order valence-corrected chi connectivity index (χ4v) is 1.96. The molecule has 1 aromatic heterocycles. The molecular formula is C15H9F4N3. The third-order valence-corrected chi connectivity index (χ3v) is 3.05. The first-order valence-electron chi connectivity index (χ1n) is 6.32. The average Bonchev–Trinajstić information content (AvgIpc) is 2.49. The van der Waals surface area contributed by atoms with E-state index in [4.69, 9.17) is 0 Å². The van der Waals surface area contributed by atoms with Crippen LogP contribution in [-0.2, 0) is 6.54 Å². The summed E-state index contributed by atoms with van der Waals surface area (Å²) in [4.78, 5) is 7.98. The van der Waals surface area contributed by atoms with E-state index in [2.05, 4.69) is 15.3 Å². The number of benzene rings is 2. The van der Waals surface area contributed by atoms with Crippen molar-refractivity contribution >= 4 is 16.9 Å². The van der Waals surface area contributed by atoms with Crippen LogP contribution in [0.25, 0.3) is 11.0 Å². The van der Waals surface area contributed by atoms with Crippen molar-refractivity contribution in [3.8, 4) is 0 Å². The van der Waals surface area contributed by atoms with Crippen LogP contribution >= 0.6 is 0 Å². The van der Waals surface area contributed by atoms with Crippen molar-refractivity contribution in [2.24, 2.45) is 0 Å². The highest BCUT2D eigenvalue weighted by molar-refractivity contribution is 5.75. The van der Waals surface area contributed by atoms with Gasteiger partial charge in [-0.05, 0) is 18.2 Å². The highest BCUT2D eigenvalue weighted by atomic mass is 19.2. The van der Waals surface area contributed by atoms with Crippen molar-refractivity contribution in [1.82, 2.24) is 9.97 Å². The monoisotopic (exact) mass is 307 g/mol. The maximum atomic E-state index is 13.5. The number of rotatable bonds is 3. The summed E-state index contributed by atoms with van der Waals surface area (Å²) >= 11 is 0. The van der Waals surface area contributed by atoms with Crippen LogP contribution in [0.4, 0.5) is 23.4 Å². The summed E-state index contributed by atoms with van der Waals surface area (Å²) in [5.41, 5.74) is 0.470. The predicted molar refractivity (Wildman–Crippen MR) is 73.1 cm³/mol. The van der Waals surface area contributed by atoms with Crippen molar-refractivity contribution in [3.63, 3.8) is 0 Å². The molecule has 0 unspecified atom stereocenters. The summed E-state index contributed by atoms with van der Waals surface area (Å²) in [5, 5.41) is 2.76. The van der Waals surface area contributed by atoms with Gasteiger partial charge in [-0.15, -0.1) is 0 Å². The van der Waals surface area contributed by atoms with Gasteiger partial charge in [0.25, 0.3) is 0 Å². The minimum absolute atomic E-state index is 0.0204. The number of halogens is 4. The van der Waals surface area contributed by atoms with E-state index in [9.17, 15) is 17.6 Å². The van der Waals surface area contributed by atoms with Crippen molar-refractivity contribution < 1.29 is 17.6 Å². The maximum Gasteiger partial charge on any atom is 0.161 e. The van der Waals surface area contributed by atoms with Gasteiger partial charge in [-0.3, -0.25) is 4.98 Å². The maximum absolute atomic E-state index is 13.5. The molecule has 1 heterocycles. The van der Waals surface area contributed by atoms with E-state index in [1.807, 2.05) is 0 Å². The van der Waals surface area contributed by atoms with Crippen LogP contribution in [0.5, 0.6) is 0 Å². The summed E-state index contributed by atoms with van der Waals surface area (Å²) in [5.74, 6) is -2.92. The summed E-state index contributed by atoms with van der Waals surface area (Å²) in [7, 11) is 0. The Labute approximate surface area is 122 Å².